The van der Waals surface area contributed by atoms with Crippen LogP contribution < -0.4 is 11.3 Å². The molecular formula is C11H20N2. The Kier molecular flexibility index (Phi) is 2.70. The van der Waals surface area contributed by atoms with Gasteiger partial charge in [0, 0.05) is 6.04 Å². The molecule has 0 radical (unpaired) electrons. The molecule has 2 saturated carbocycles. The predicted octanol–water partition coefficient (Wildman–Crippen LogP) is 1.83. The summed E-state index contributed by atoms with van der Waals surface area (Å²) < 4.78 is 0. The summed E-state index contributed by atoms with van der Waals surface area (Å²) in [4.78, 5) is 0. The highest BCUT2D eigenvalue weighted by Crippen LogP contribution is 2.55. The maximum atomic E-state index is 5.57. The summed E-state index contributed by atoms with van der Waals surface area (Å²) in [7, 11) is 0. The third-order valence-electron chi connectivity index (χ3n) is 3.74. The molecule has 0 aliphatic heterocycles. The molecule has 13 heavy (non-hydrogen) atoms. The molecule has 3 N–H and O–H groups in total. The first-order valence-electron chi connectivity index (χ1n) is 5.42. The molecular weight excluding hydrogens is 160 g/mol. The molecule has 0 aromatic rings. The highest BCUT2D eigenvalue weighted by atomic mass is 15.2. The molecule has 2 rings (SSSR count). The van der Waals surface area contributed by atoms with Gasteiger partial charge in [-0.15, -0.1) is 6.58 Å². The molecule has 2 nitrogen and oxygen atoms in total. The zero-order valence-electron chi connectivity index (χ0n) is 8.21. The summed E-state index contributed by atoms with van der Waals surface area (Å²) in [5, 5.41) is 0. The van der Waals surface area contributed by atoms with Gasteiger partial charge < -0.3 is 0 Å². The third-order valence-corrected chi connectivity index (χ3v) is 3.74. The van der Waals surface area contributed by atoms with Crippen LogP contribution in [0.1, 0.15) is 32.1 Å². The van der Waals surface area contributed by atoms with Crippen molar-refractivity contribution in [3.63, 3.8) is 0 Å². The first kappa shape index (κ1) is 9.22. The van der Waals surface area contributed by atoms with E-state index in [0.29, 0.717) is 6.04 Å². The van der Waals surface area contributed by atoms with Crippen molar-refractivity contribution in [2.24, 2.45) is 23.6 Å². The maximum absolute atomic E-state index is 5.57. The van der Waals surface area contributed by atoms with Crippen molar-refractivity contribution in [3.8, 4) is 0 Å². The minimum absolute atomic E-state index is 0.533. The largest absolute Gasteiger partial charge is 0.271 e. The standard InChI is InChI=1S/C11H20N2/c1-2-3-4-11(13-12)10-6-8-5-9(8)7-10/h2,8-11,13H,1,3-7,12H2. The van der Waals surface area contributed by atoms with Gasteiger partial charge in [0.1, 0.15) is 0 Å². The molecule has 0 spiro atoms. The van der Waals surface area contributed by atoms with Crippen molar-refractivity contribution >= 4 is 0 Å². The van der Waals surface area contributed by atoms with Crippen LogP contribution in [-0.2, 0) is 0 Å². The fourth-order valence-corrected chi connectivity index (χ4v) is 2.84. The Hall–Kier alpha value is -0.340. The lowest BCUT2D eigenvalue weighted by Gasteiger charge is -2.23. The minimum Gasteiger partial charge on any atom is -0.271 e. The van der Waals surface area contributed by atoms with E-state index in [1.807, 2.05) is 6.08 Å². The second kappa shape index (κ2) is 3.81. The van der Waals surface area contributed by atoms with Gasteiger partial charge in [-0.2, -0.15) is 0 Å². The van der Waals surface area contributed by atoms with Gasteiger partial charge in [0.2, 0.25) is 0 Å². The Morgan fingerprint density at radius 2 is 2.08 bits per heavy atom. The molecule has 0 heterocycles. The van der Waals surface area contributed by atoms with Gasteiger partial charge in [0.05, 0.1) is 0 Å². The van der Waals surface area contributed by atoms with Crippen molar-refractivity contribution < 1.29 is 0 Å². The zero-order valence-corrected chi connectivity index (χ0v) is 8.21. The lowest BCUT2D eigenvalue weighted by molar-refractivity contribution is 0.323. The number of fused-ring (bicyclic) bond motifs is 1. The smallest absolute Gasteiger partial charge is 0.0241 e. The van der Waals surface area contributed by atoms with Gasteiger partial charge in [0.25, 0.3) is 0 Å². The van der Waals surface area contributed by atoms with Gasteiger partial charge in [0.15, 0.2) is 0 Å². The van der Waals surface area contributed by atoms with Gasteiger partial charge in [-0.05, 0) is 49.9 Å². The minimum atomic E-state index is 0.533. The second-order valence-electron chi connectivity index (χ2n) is 4.63. The van der Waals surface area contributed by atoms with E-state index in [-0.39, 0.29) is 0 Å². The molecule has 0 aromatic heterocycles. The molecule has 2 heteroatoms. The molecule has 0 amide bonds. The lowest BCUT2D eigenvalue weighted by Crippen LogP contribution is -2.40. The van der Waals surface area contributed by atoms with Gasteiger partial charge in [-0.3, -0.25) is 11.3 Å². The normalized spacial score (nSPS) is 38.4. The monoisotopic (exact) mass is 180 g/mol. The number of hydrogen-bond acceptors (Lipinski definition) is 2. The van der Waals surface area contributed by atoms with Crippen LogP contribution in [0.4, 0.5) is 0 Å². The van der Waals surface area contributed by atoms with E-state index in [0.717, 1.165) is 30.6 Å². The molecule has 3 atom stereocenters. The van der Waals surface area contributed by atoms with E-state index in [1.54, 1.807) is 0 Å². The summed E-state index contributed by atoms with van der Waals surface area (Å²) in [6.45, 7) is 3.75. The second-order valence-corrected chi connectivity index (χ2v) is 4.63. The van der Waals surface area contributed by atoms with Gasteiger partial charge in [-0.1, -0.05) is 6.08 Å². The molecule has 2 fully saturated rings. The average Bonchev–Trinajstić information content (AvgIpc) is 2.75. The summed E-state index contributed by atoms with van der Waals surface area (Å²) in [5.41, 5.74) is 2.97. The molecule has 0 aromatic carbocycles. The van der Waals surface area contributed by atoms with E-state index < -0.39 is 0 Å². The first-order chi connectivity index (χ1) is 6.35. The Bertz CT molecular complexity index is 181. The third kappa shape index (κ3) is 1.94. The van der Waals surface area contributed by atoms with Crippen molar-refractivity contribution in [1.29, 1.82) is 0 Å². The number of nitrogens with two attached hydrogens (primary N) is 1. The Morgan fingerprint density at radius 3 is 2.62 bits per heavy atom. The van der Waals surface area contributed by atoms with Crippen LogP contribution >= 0.6 is 0 Å². The molecule has 2 aliphatic rings. The molecule has 3 unspecified atom stereocenters. The average molecular weight is 180 g/mol. The number of hydrogen-bond donors (Lipinski definition) is 2. The van der Waals surface area contributed by atoms with Gasteiger partial charge >= 0.3 is 0 Å². The fourth-order valence-electron chi connectivity index (χ4n) is 2.84. The van der Waals surface area contributed by atoms with E-state index >= 15 is 0 Å². The van der Waals surface area contributed by atoms with Crippen LogP contribution in [0.25, 0.3) is 0 Å². The topological polar surface area (TPSA) is 38.0 Å². The van der Waals surface area contributed by atoms with Gasteiger partial charge in [-0.25, -0.2) is 0 Å². The summed E-state index contributed by atoms with van der Waals surface area (Å²) >= 11 is 0. The Morgan fingerprint density at radius 1 is 1.38 bits per heavy atom. The highest BCUT2D eigenvalue weighted by Gasteiger charge is 2.47. The van der Waals surface area contributed by atoms with Crippen molar-refractivity contribution in [2.75, 3.05) is 0 Å². The van der Waals surface area contributed by atoms with Crippen LogP contribution in [0.2, 0.25) is 0 Å². The molecule has 0 saturated heterocycles. The zero-order chi connectivity index (χ0) is 9.26. The first-order valence-corrected chi connectivity index (χ1v) is 5.42. The molecule has 2 aliphatic carbocycles. The highest BCUT2D eigenvalue weighted by molar-refractivity contribution is 4.99. The van der Waals surface area contributed by atoms with Crippen LogP contribution in [0.5, 0.6) is 0 Å². The Labute approximate surface area is 80.5 Å². The van der Waals surface area contributed by atoms with Crippen molar-refractivity contribution in [1.82, 2.24) is 5.43 Å². The van der Waals surface area contributed by atoms with Crippen LogP contribution in [-0.4, -0.2) is 6.04 Å². The van der Waals surface area contributed by atoms with Crippen molar-refractivity contribution in [2.45, 2.75) is 38.1 Å². The number of rotatable bonds is 5. The van der Waals surface area contributed by atoms with Crippen LogP contribution in [0.3, 0.4) is 0 Å². The van der Waals surface area contributed by atoms with E-state index in [9.17, 15) is 0 Å². The predicted molar refractivity (Wildman–Crippen MR) is 54.9 cm³/mol. The summed E-state index contributed by atoms with van der Waals surface area (Å²) in [5.74, 6) is 8.53. The van der Waals surface area contributed by atoms with E-state index in [1.165, 1.54) is 19.3 Å². The number of nitrogens with one attached hydrogen (secondary N) is 1. The van der Waals surface area contributed by atoms with Crippen LogP contribution in [0, 0.1) is 17.8 Å². The molecule has 0 bridgehead atoms. The summed E-state index contributed by atoms with van der Waals surface area (Å²) in [6, 6.07) is 0.533. The number of hydrazine groups is 1. The Balaban J connectivity index is 1.78. The summed E-state index contributed by atoms with van der Waals surface area (Å²) in [6.07, 6.45) is 8.55. The van der Waals surface area contributed by atoms with E-state index in [4.69, 9.17) is 5.84 Å². The van der Waals surface area contributed by atoms with Crippen molar-refractivity contribution in [3.05, 3.63) is 12.7 Å². The fraction of sp³-hybridized carbons (Fsp3) is 0.818. The quantitative estimate of drug-likeness (QED) is 0.385. The van der Waals surface area contributed by atoms with Crippen LogP contribution in [0.15, 0.2) is 12.7 Å². The lowest BCUT2D eigenvalue weighted by atomic mass is 9.92. The maximum Gasteiger partial charge on any atom is 0.0241 e. The van der Waals surface area contributed by atoms with E-state index in [2.05, 4.69) is 12.0 Å². The molecule has 74 valence electrons. The SMILES string of the molecule is C=CCCC(NN)C1CC2CC2C1. The number of allylic oxidation sites excluding steroid dienone is 1.